The predicted octanol–water partition coefficient (Wildman–Crippen LogP) is 2.22. The quantitative estimate of drug-likeness (QED) is 0.611. The van der Waals surface area contributed by atoms with Gasteiger partial charge in [-0.3, -0.25) is 9.59 Å². The highest BCUT2D eigenvalue weighted by atomic mass is 16.5. The first-order chi connectivity index (χ1) is 9.74. The maximum absolute atomic E-state index is 12.0. The van der Waals surface area contributed by atoms with E-state index in [1.54, 1.807) is 22.9 Å². The average molecular weight is 275 g/mol. The van der Waals surface area contributed by atoms with E-state index in [0.717, 1.165) is 12.3 Å². The van der Waals surface area contributed by atoms with E-state index in [-0.39, 0.29) is 17.4 Å². The van der Waals surface area contributed by atoms with Gasteiger partial charge in [0.25, 0.3) is 0 Å². The molecule has 3 atom stereocenters. The van der Waals surface area contributed by atoms with Gasteiger partial charge in [0.2, 0.25) is 5.56 Å². The highest BCUT2D eigenvalue weighted by Crippen LogP contribution is 2.48. The molecule has 0 N–H and O–H groups in total. The molecule has 0 aliphatic heterocycles. The van der Waals surface area contributed by atoms with Gasteiger partial charge < -0.3 is 9.30 Å². The Morgan fingerprint density at radius 1 is 1.30 bits per heavy atom. The Balaban J connectivity index is 1.41. The van der Waals surface area contributed by atoms with Crippen molar-refractivity contribution in [3.8, 4) is 0 Å². The van der Waals surface area contributed by atoms with Crippen LogP contribution >= 0.6 is 0 Å². The van der Waals surface area contributed by atoms with Crippen LogP contribution in [0.1, 0.15) is 32.1 Å². The number of aromatic nitrogens is 1. The smallest absolute Gasteiger partial charge is 0.309 e. The van der Waals surface area contributed by atoms with E-state index in [1.807, 2.05) is 6.07 Å². The molecule has 2 fully saturated rings. The predicted molar refractivity (Wildman–Crippen MR) is 75.2 cm³/mol. The molecule has 2 aliphatic carbocycles. The lowest BCUT2D eigenvalue weighted by Gasteiger charge is -2.19. The molecule has 108 valence electrons. The number of ether oxygens (including phenoxy) is 1. The van der Waals surface area contributed by atoms with Crippen molar-refractivity contribution < 1.29 is 9.53 Å². The Morgan fingerprint density at radius 2 is 2.20 bits per heavy atom. The molecule has 4 heteroatoms. The maximum atomic E-state index is 12.0. The number of nitrogens with zero attached hydrogens (tertiary/aromatic N) is 1. The summed E-state index contributed by atoms with van der Waals surface area (Å²) in [5.41, 5.74) is -0.00747. The van der Waals surface area contributed by atoms with Crippen molar-refractivity contribution in [2.24, 2.45) is 17.8 Å². The monoisotopic (exact) mass is 275 g/mol. The van der Waals surface area contributed by atoms with Gasteiger partial charge >= 0.3 is 5.97 Å². The highest BCUT2D eigenvalue weighted by molar-refractivity contribution is 5.73. The van der Waals surface area contributed by atoms with Gasteiger partial charge in [0, 0.05) is 18.8 Å². The summed E-state index contributed by atoms with van der Waals surface area (Å²) >= 11 is 0. The summed E-state index contributed by atoms with van der Waals surface area (Å²) in [7, 11) is 0. The number of pyridine rings is 1. The van der Waals surface area contributed by atoms with E-state index in [2.05, 4.69) is 0 Å². The third kappa shape index (κ3) is 2.79. The molecule has 3 rings (SSSR count). The van der Waals surface area contributed by atoms with Crippen LogP contribution in [0.2, 0.25) is 0 Å². The van der Waals surface area contributed by atoms with Gasteiger partial charge in [-0.2, -0.15) is 0 Å². The standard InChI is InChI=1S/C16H21NO3/c18-15-4-1-2-7-17(15)8-3-9-20-16(19)14-11-12-5-6-13(14)10-12/h1-2,4,7,12-14H,3,5-6,8-11H2/t12-,13-,14+/m0/s1. The van der Waals surface area contributed by atoms with Crippen LogP contribution in [0.5, 0.6) is 0 Å². The number of esters is 1. The molecule has 1 heterocycles. The minimum Gasteiger partial charge on any atom is -0.465 e. The topological polar surface area (TPSA) is 48.3 Å². The number of aryl methyl sites for hydroxylation is 1. The lowest BCUT2D eigenvalue weighted by Crippen LogP contribution is -2.24. The van der Waals surface area contributed by atoms with Crippen molar-refractivity contribution in [3.63, 3.8) is 0 Å². The number of hydrogen-bond acceptors (Lipinski definition) is 3. The molecule has 2 saturated carbocycles. The fourth-order valence-electron chi connectivity index (χ4n) is 3.69. The van der Waals surface area contributed by atoms with Crippen LogP contribution in [0, 0.1) is 17.8 Å². The van der Waals surface area contributed by atoms with Crippen molar-refractivity contribution >= 4 is 5.97 Å². The van der Waals surface area contributed by atoms with Crippen LogP contribution in [0.15, 0.2) is 29.2 Å². The third-order valence-corrected chi connectivity index (χ3v) is 4.73. The molecule has 0 aromatic carbocycles. The average Bonchev–Trinajstić information content (AvgIpc) is 3.07. The Bertz CT molecular complexity index is 537. The number of fused-ring (bicyclic) bond motifs is 2. The minimum absolute atomic E-state index is 0.00747. The van der Waals surface area contributed by atoms with Crippen LogP contribution in [0.25, 0.3) is 0 Å². The van der Waals surface area contributed by atoms with E-state index in [9.17, 15) is 9.59 Å². The van der Waals surface area contributed by atoms with E-state index in [0.29, 0.717) is 25.5 Å². The molecule has 20 heavy (non-hydrogen) atoms. The fourth-order valence-corrected chi connectivity index (χ4v) is 3.69. The summed E-state index contributed by atoms with van der Waals surface area (Å²) in [5, 5.41) is 0. The Morgan fingerprint density at radius 3 is 2.90 bits per heavy atom. The summed E-state index contributed by atoms with van der Waals surface area (Å²) in [6, 6.07) is 5.11. The molecule has 0 unspecified atom stereocenters. The van der Waals surface area contributed by atoms with Gasteiger partial charge in [-0.05, 0) is 43.6 Å². The third-order valence-electron chi connectivity index (χ3n) is 4.73. The molecule has 0 amide bonds. The van der Waals surface area contributed by atoms with Crippen LogP contribution in [-0.2, 0) is 16.1 Å². The first kappa shape index (κ1) is 13.4. The van der Waals surface area contributed by atoms with Crippen LogP contribution < -0.4 is 5.56 Å². The lowest BCUT2D eigenvalue weighted by molar-refractivity contribution is -0.150. The molecule has 0 radical (unpaired) electrons. The maximum Gasteiger partial charge on any atom is 0.309 e. The largest absolute Gasteiger partial charge is 0.465 e. The van der Waals surface area contributed by atoms with Gasteiger partial charge in [-0.25, -0.2) is 0 Å². The second-order valence-corrected chi connectivity index (χ2v) is 6.03. The molecular weight excluding hydrogens is 254 g/mol. The fraction of sp³-hybridized carbons (Fsp3) is 0.625. The molecule has 2 bridgehead atoms. The molecule has 0 saturated heterocycles. The SMILES string of the molecule is O=C(OCCCn1ccccc1=O)[C@@H]1C[C@H]2CC[C@H]1C2. The van der Waals surface area contributed by atoms with E-state index >= 15 is 0 Å². The molecule has 4 nitrogen and oxygen atoms in total. The second kappa shape index (κ2) is 5.81. The van der Waals surface area contributed by atoms with E-state index < -0.39 is 0 Å². The summed E-state index contributed by atoms with van der Waals surface area (Å²) in [6.45, 7) is 1.01. The molecular formula is C16H21NO3. The van der Waals surface area contributed by atoms with Crippen LogP contribution in [0.3, 0.4) is 0 Å². The molecule has 2 aliphatic rings. The number of carbonyl (C=O) groups is 1. The zero-order valence-electron chi connectivity index (χ0n) is 11.7. The van der Waals surface area contributed by atoms with Gasteiger partial charge in [-0.15, -0.1) is 0 Å². The molecule has 1 aromatic heterocycles. The first-order valence-corrected chi connectivity index (χ1v) is 7.56. The summed E-state index contributed by atoms with van der Waals surface area (Å²) < 4.78 is 7.03. The van der Waals surface area contributed by atoms with Crippen molar-refractivity contribution in [2.75, 3.05) is 6.61 Å². The van der Waals surface area contributed by atoms with E-state index in [1.165, 1.54) is 19.3 Å². The van der Waals surface area contributed by atoms with Crippen molar-refractivity contribution in [1.82, 2.24) is 4.57 Å². The van der Waals surface area contributed by atoms with Crippen molar-refractivity contribution in [1.29, 1.82) is 0 Å². The normalized spacial score (nSPS) is 27.7. The molecule has 0 spiro atoms. The number of hydrogen-bond donors (Lipinski definition) is 0. The Kier molecular flexibility index (Phi) is 3.90. The Hall–Kier alpha value is -1.58. The van der Waals surface area contributed by atoms with Crippen molar-refractivity contribution in [2.45, 2.75) is 38.6 Å². The Labute approximate surface area is 118 Å². The number of rotatable bonds is 5. The van der Waals surface area contributed by atoms with Crippen LogP contribution in [0.4, 0.5) is 0 Å². The number of carbonyl (C=O) groups excluding carboxylic acids is 1. The minimum atomic E-state index is -0.0161. The van der Waals surface area contributed by atoms with Gasteiger partial charge in [0.15, 0.2) is 0 Å². The zero-order valence-corrected chi connectivity index (χ0v) is 11.7. The first-order valence-electron chi connectivity index (χ1n) is 7.56. The van der Waals surface area contributed by atoms with Crippen LogP contribution in [-0.4, -0.2) is 17.1 Å². The summed E-state index contributed by atoms with van der Waals surface area (Å²) in [6.07, 6.45) is 7.20. The summed E-state index contributed by atoms with van der Waals surface area (Å²) in [4.78, 5) is 23.5. The van der Waals surface area contributed by atoms with E-state index in [4.69, 9.17) is 4.74 Å². The lowest BCUT2D eigenvalue weighted by atomic mass is 9.89. The second-order valence-electron chi connectivity index (χ2n) is 6.03. The molecule has 1 aromatic rings. The van der Waals surface area contributed by atoms with Gasteiger partial charge in [0.1, 0.15) is 0 Å². The van der Waals surface area contributed by atoms with Gasteiger partial charge in [0.05, 0.1) is 12.5 Å². The zero-order chi connectivity index (χ0) is 13.9. The van der Waals surface area contributed by atoms with Gasteiger partial charge in [-0.1, -0.05) is 12.5 Å². The summed E-state index contributed by atoms with van der Waals surface area (Å²) in [5.74, 6) is 1.47. The van der Waals surface area contributed by atoms with Crippen molar-refractivity contribution in [3.05, 3.63) is 34.7 Å². The highest BCUT2D eigenvalue weighted by Gasteiger charge is 2.43.